The number of hydrogen-bond acceptors (Lipinski definition) is 3. The van der Waals surface area contributed by atoms with E-state index in [9.17, 15) is 4.79 Å². The lowest BCUT2D eigenvalue weighted by Gasteiger charge is -2.06. The quantitative estimate of drug-likeness (QED) is 0.788. The number of nitrogens with one attached hydrogen (secondary N) is 1. The van der Waals surface area contributed by atoms with Gasteiger partial charge < -0.3 is 0 Å². The van der Waals surface area contributed by atoms with Gasteiger partial charge in [-0.25, -0.2) is 5.10 Å². The third-order valence-corrected chi connectivity index (χ3v) is 2.68. The summed E-state index contributed by atoms with van der Waals surface area (Å²) >= 11 is 0. The van der Waals surface area contributed by atoms with Crippen LogP contribution in [0.5, 0.6) is 0 Å². The van der Waals surface area contributed by atoms with Crippen LogP contribution in [0.3, 0.4) is 0 Å². The van der Waals surface area contributed by atoms with Crippen LogP contribution in [0.1, 0.15) is 16.7 Å². The first-order valence-electron chi connectivity index (χ1n) is 5.07. The Kier molecular flexibility index (Phi) is 2.56. The van der Waals surface area contributed by atoms with E-state index >= 15 is 0 Å². The molecule has 2 aromatic rings. The van der Waals surface area contributed by atoms with Gasteiger partial charge in [-0.1, -0.05) is 0 Å². The Morgan fingerprint density at radius 2 is 1.88 bits per heavy atom. The van der Waals surface area contributed by atoms with Gasteiger partial charge >= 0.3 is 0 Å². The minimum atomic E-state index is -0.137. The van der Waals surface area contributed by atoms with Crippen LogP contribution in [0.2, 0.25) is 0 Å². The molecular weight excluding hydrogens is 202 g/mol. The predicted octanol–water partition coefficient (Wildman–Crippen LogP) is 1.76. The zero-order valence-corrected chi connectivity index (χ0v) is 9.53. The number of nitrogens with zero attached hydrogens (tertiary/aromatic N) is 2. The Labute approximate surface area is 93.4 Å². The van der Waals surface area contributed by atoms with E-state index in [0.717, 1.165) is 22.4 Å². The van der Waals surface area contributed by atoms with Crippen LogP contribution in [0, 0.1) is 20.8 Å². The van der Waals surface area contributed by atoms with E-state index in [1.807, 2.05) is 19.9 Å². The van der Waals surface area contributed by atoms with Crippen molar-refractivity contribution in [3.8, 4) is 11.3 Å². The number of hydrogen-bond donors (Lipinski definition) is 1. The summed E-state index contributed by atoms with van der Waals surface area (Å²) in [4.78, 5) is 15.5. The maximum Gasteiger partial charge on any atom is 0.267 e. The van der Waals surface area contributed by atoms with Crippen molar-refractivity contribution in [2.75, 3.05) is 0 Å². The number of H-pyrrole nitrogens is 1. The zero-order valence-electron chi connectivity index (χ0n) is 9.53. The minimum Gasteiger partial charge on any atom is -0.268 e. The Hall–Kier alpha value is -1.97. The van der Waals surface area contributed by atoms with Crippen LogP contribution < -0.4 is 5.56 Å². The number of rotatable bonds is 1. The van der Waals surface area contributed by atoms with Crippen molar-refractivity contribution in [3.63, 3.8) is 0 Å². The van der Waals surface area contributed by atoms with Crippen molar-refractivity contribution in [1.29, 1.82) is 0 Å². The Morgan fingerprint density at radius 3 is 2.56 bits per heavy atom. The molecule has 0 spiro atoms. The topological polar surface area (TPSA) is 58.6 Å². The van der Waals surface area contributed by atoms with E-state index < -0.39 is 0 Å². The van der Waals surface area contributed by atoms with Crippen LogP contribution >= 0.6 is 0 Å². The lowest BCUT2D eigenvalue weighted by molar-refractivity contribution is 0.957. The average molecular weight is 215 g/mol. The van der Waals surface area contributed by atoms with E-state index in [1.54, 1.807) is 19.3 Å². The number of aromatic nitrogens is 3. The van der Waals surface area contributed by atoms with Crippen molar-refractivity contribution in [1.82, 2.24) is 15.2 Å². The standard InChI is InChI=1S/C12H13N3O/c1-7-4-10(6-13-5-7)11-8(2)9(3)12(16)15-14-11/h4-6H,1-3H3,(H,15,16). The van der Waals surface area contributed by atoms with Crippen LogP contribution in [0.4, 0.5) is 0 Å². The third-order valence-electron chi connectivity index (χ3n) is 2.68. The molecule has 2 aromatic heterocycles. The largest absolute Gasteiger partial charge is 0.268 e. The van der Waals surface area contributed by atoms with Crippen molar-refractivity contribution < 1.29 is 0 Å². The van der Waals surface area contributed by atoms with Gasteiger partial charge in [-0.05, 0) is 38.0 Å². The minimum absolute atomic E-state index is 0.137. The molecule has 0 aliphatic rings. The fourth-order valence-corrected chi connectivity index (χ4v) is 1.59. The Morgan fingerprint density at radius 1 is 1.12 bits per heavy atom. The second-order valence-corrected chi connectivity index (χ2v) is 3.90. The lowest BCUT2D eigenvalue weighted by Crippen LogP contribution is -2.14. The zero-order chi connectivity index (χ0) is 11.7. The molecule has 0 aromatic carbocycles. The summed E-state index contributed by atoms with van der Waals surface area (Å²) in [6.07, 6.45) is 3.54. The molecule has 0 saturated heterocycles. The molecule has 16 heavy (non-hydrogen) atoms. The highest BCUT2D eigenvalue weighted by molar-refractivity contribution is 5.62. The highest BCUT2D eigenvalue weighted by Crippen LogP contribution is 2.20. The van der Waals surface area contributed by atoms with Crippen LogP contribution in [0.25, 0.3) is 11.3 Å². The van der Waals surface area contributed by atoms with Gasteiger partial charge in [-0.2, -0.15) is 5.10 Å². The lowest BCUT2D eigenvalue weighted by atomic mass is 10.1. The van der Waals surface area contributed by atoms with Gasteiger partial charge in [0.2, 0.25) is 0 Å². The molecule has 0 unspecified atom stereocenters. The molecule has 2 rings (SSSR count). The molecule has 0 bridgehead atoms. The summed E-state index contributed by atoms with van der Waals surface area (Å²) in [7, 11) is 0. The van der Waals surface area contributed by atoms with Crippen LogP contribution in [-0.4, -0.2) is 15.2 Å². The monoisotopic (exact) mass is 215 g/mol. The van der Waals surface area contributed by atoms with E-state index in [1.165, 1.54) is 0 Å². The molecule has 0 saturated carbocycles. The normalized spacial score (nSPS) is 10.4. The first-order valence-corrected chi connectivity index (χ1v) is 5.07. The summed E-state index contributed by atoms with van der Waals surface area (Å²) in [5.41, 5.74) is 4.25. The second kappa shape index (κ2) is 3.89. The van der Waals surface area contributed by atoms with Gasteiger partial charge in [0.05, 0.1) is 5.69 Å². The fraction of sp³-hybridized carbons (Fsp3) is 0.250. The summed E-state index contributed by atoms with van der Waals surface area (Å²) in [6, 6.07) is 2.00. The SMILES string of the molecule is Cc1cncc(-c2n[nH]c(=O)c(C)c2C)c1. The highest BCUT2D eigenvalue weighted by atomic mass is 16.1. The first-order chi connectivity index (χ1) is 7.59. The van der Waals surface area contributed by atoms with E-state index in [-0.39, 0.29) is 5.56 Å². The van der Waals surface area contributed by atoms with Crippen LogP contribution in [-0.2, 0) is 0 Å². The Bertz CT molecular complexity index is 587. The van der Waals surface area contributed by atoms with Crippen LogP contribution in [0.15, 0.2) is 23.3 Å². The molecule has 2 heterocycles. The van der Waals surface area contributed by atoms with Gasteiger partial charge in [0, 0.05) is 23.5 Å². The summed E-state index contributed by atoms with van der Waals surface area (Å²) < 4.78 is 0. The average Bonchev–Trinajstić information content (AvgIpc) is 2.26. The molecule has 0 atom stereocenters. The summed E-state index contributed by atoms with van der Waals surface area (Å²) in [5, 5.41) is 6.57. The molecule has 1 N–H and O–H groups in total. The number of aromatic amines is 1. The van der Waals surface area contributed by atoms with Gasteiger partial charge in [0.15, 0.2) is 0 Å². The van der Waals surface area contributed by atoms with E-state index in [4.69, 9.17) is 0 Å². The fourth-order valence-electron chi connectivity index (χ4n) is 1.59. The van der Waals surface area contributed by atoms with Gasteiger partial charge in [-0.15, -0.1) is 0 Å². The molecule has 0 aliphatic heterocycles. The maximum absolute atomic E-state index is 11.4. The highest BCUT2D eigenvalue weighted by Gasteiger charge is 2.08. The number of pyridine rings is 1. The molecular formula is C12H13N3O. The molecule has 0 aliphatic carbocycles. The first kappa shape index (κ1) is 10.5. The molecule has 4 heteroatoms. The molecule has 0 amide bonds. The van der Waals surface area contributed by atoms with Gasteiger partial charge in [0.25, 0.3) is 5.56 Å². The Balaban J connectivity index is 2.66. The number of aryl methyl sites for hydroxylation is 1. The molecule has 0 fully saturated rings. The van der Waals surface area contributed by atoms with Crippen molar-refractivity contribution in [2.24, 2.45) is 0 Å². The van der Waals surface area contributed by atoms with Gasteiger partial charge in [0.1, 0.15) is 0 Å². The smallest absolute Gasteiger partial charge is 0.267 e. The third kappa shape index (κ3) is 1.74. The van der Waals surface area contributed by atoms with Crippen molar-refractivity contribution in [2.45, 2.75) is 20.8 Å². The molecule has 4 nitrogen and oxygen atoms in total. The van der Waals surface area contributed by atoms with Gasteiger partial charge in [-0.3, -0.25) is 9.78 Å². The second-order valence-electron chi connectivity index (χ2n) is 3.90. The van der Waals surface area contributed by atoms with E-state index in [2.05, 4.69) is 15.2 Å². The van der Waals surface area contributed by atoms with E-state index in [0.29, 0.717) is 5.56 Å². The summed E-state index contributed by atoms with van der Waals surface area (Å²) in [6.45, 7) is 5.67. The predicted molar refractivity (Wildman–Crippen MR) is 62.3 cm³/mol. The maximum atomic E-state index is 11.4. The summed E-state index contributed by atoms with van der Waals surface area (Å²) in [5.74, 6) is 0. The van der Waals surface area contributed by atoms with Crippen molar-refractivity contribution in [3.05, 3.63) is 45.5 Å². The van der Waals surface area contributed by atoms with Crippen molar-refractivity contribution >= 4 is 0 Å². The molecule has 82 valence electrons. The molecule has 0 radical (unpaired) electrons.